The number of hydrogen-bond acceptors (Lipinski definition) is 3. The molecule has 2 N–H and O–H groups in total. The minimum absolute atomic E-state index is 0.440. The van der Waals surface area contributed by atoms with Crippen LogP contribution < -0.4 is 10.6 Å². The minimum atomic E-state index is 0.440. The highest BCUT2D eigenvalue weighted by Gasteiger charge is 2.34. The molecule has 0 bridgehead atoms. The molecule has 1 heterocycles. The summed E-state index contributed by atoms with van der Waals surface area (Å²) >= 11 is 0. The summed E-state index contributed by atoms with van der Waals surface area (Å²) in [7, 11) is 1.95. The molecule has 6 nitrogen and oxygen atoms in total. The molecule has 0 amide bonds. The number of nitrogens with one attached hydrogen (secondary N) is 2. The molecule has 6 heteroatoms. The molecular formula is C17H32N6. The van der Waals surface area contributed by atoms with Crippen LogP contribution in [0.5, 0.6) is 0 Å². The number of nitrogens with zero attached hydrogens (tertiary/aromatic N) is 4. The van der Waals surface area contributed by atoms with Crippen molar-refractivity contribution < 1.29 is 0 Å². The Hall–Kier alpha value is -1.59. The van der Waals surface area contributed by atoms with Gasteiger partial charge in [-0.1, -0.05) is 26.7 Å². The summed E-state index contributed by atoms with van der Waals surface area (Å²) in [6.07, 6.45) is 8.40. The van der Waals surface area contributed by atoms with E-state index in [4.69, 9.17) is 0 Å². The smallest absolute Gasteiger partial charge is 0.191 e. The lowest BCUT2D eigenvalue weighted by Gasteiger charge is -2.32. The molecule has 1 aromatic rings. The highest BCUT2D eigenvalue weighted by molar-refractivity contribution is 5.79. The van der Waals surface area contributed by atoms with Crippen molar-refractivity contribution in [3.05, 3.63) is 12.2 Å². The fraction of sp³-hybridized carbons (Fsp3) is 0.824. The molecule has 0 spiro atoms. The first-order valence-corrected chi connectivity index (χ1v) is 8.90. The summed E-state index contributed by atoms with van der Waals surface area (Å²) in [5.41, 5.74) is 0.440. The topological polar surface area (TPSA) is 67.1 Å². The van der Waals surface area contributed by atoms with Gasteiger partial charge in [-0.2, -0.15) is 0 Å². The van der Waals surface area contributed by atoms with E-state index in [-0.39, 0.29) is 0 Å². The van der Waals surface area contributed by atoms with Crippen LogP contribution in [0.3, 0.4) is 0 Å². The molecule has 23 heavy (non-hydrogen) atoms. The summed E-state index contributed by atoms with van der Waals surface area (Å²) in [5.74, 6) is 2.50. The van der Waals surface area contributed by atoms with Crippen LogP contribution in [-0.4, -0.2) is 33.8 Å². The Morgan fingerprint density at radius 3 is 2.65 bits per heavy atom. The Morgan fingerprint density at radius 2 is 2.09 bits per heavy atom. The van der Waals surface area contributed by atoms with Crippen molar-refractivity contribution in [2.45, 2.75) is 59.4 Å². The number of aromatic nitrogens is 3. The van der Waals surface area contributed by atoms with Crippen molar-refractivity contribution in [3.63, 3.8) is 0 Å². The molecule has 0 saturated heterocycles. The van der Waals surface area contributed by atoms with Gasteiger partial charge in [0.05, 0.1) is 0 Å². The first kappa shape index (κ1) is 17.8. The van der Waals surface area contributed by atoms with Gasteiger partial charge in [0, 0.05) is 20.1 Å². The van der Waals surface area contributed by atoms with E-state index in [1.54, 1.807) is 6.33 Å². The zero-order chi connectivity index (χ0) is 16.7. The first-order chi connectivity index (χ1) is 11.0. The molecule has 1 aromatic heterocycles. The van der Waals surface area contributed by atoms with Crippen LogP contribution in [0, 0.1) is 11.3 Å². The van der Waals surface area contributed by atoms with E-state index in [0.717, 1.165) is 30.8 Å². The lowest BCUT2D eigenvalue weighted by Crippen LogP contribution is -2.43. The fourth-order valence-electron chi connectivity index (χ4n) is 3.66. The predicted octanol–water partition coefficient (Wildman–Crippen LogP) is 2.48. The van der Waals surface area contributed by atoms with E-state index in [0.29, 0.717) is 12.0 Å². The summed E-state index contributed by atoms with van der Waals surface area (Å²) < 4.78 is 1.91. The highest BCUT2D eigenvalue weighted by Crippen LogP contribution is 2.42. The zero-order valence-electron chi connectivity index (χ0n) is 15.1. The molecule has 0 aliphatic heterocycles. The van der Waals surface area contributed by atoms with E-state index >= 15 is 0 Å². The van der Waals surface area contributed by atoms with Gasteiger partial charge in [0.1, 0.15) is 12.9 Å². The largest absolute Gasteiger partial charge is 0.357 e. The Balaban J connectivity index is 1.96. The average Bonchev–Trinajstić information content (AvgIpc) is 3.11. The van der Waals surface area contributed by atoms with Gasteiger partial charge < -0.3 is 15.2 Å². The Bertz CT molecular complexity index is 499. The van der Waals surface area contributed by atoms with Gasteiger partial charge in [-0.3, -0.25) is 0 Å². The average molecular weight is 320 g/mol. The zero-order valence-corrected chi connectivity index (χ0v) is 15.1. The van der Waals surface area contributed by atoms with Crippen LogP contribution in [0.15, 0.2) is 11.3 Å². The number of hydrogen-bond donors (Lipinski definition) is 2. The standard InChI is InChI=1S/C17H32N6/c1-5-18-16(19-11-15-22-21-13-23(15)4)20-12-17(10-14(2)3)8-6-7-9-17/h13-14H,5-12H2,1-4H3,(H2,18,19,20). The highest BCUT2D eigenvalue weighted by atomic mass is 15.3. The summed E-state index contributed by atoms with van der Waals surface area (Å²) in [6.45, 7) is 9.17. The number of aryl methyl sites for hydroxylation is 1. The second-order valence-electron chi connectivity index (χ2n) is 7.21. The van der Waals surface area contributed by atoms with Crippen molar-refractivity contribution in [2.24, 2.45) is 23.4 Å². The lowest BCUT2D eigenvalue weighted by atomic mass is 9.78. The maximum atomic E-state index is 4.66. The van der Waals surface area contributed by atoms with Crippen molar-refractivity contribution in [3.8, 4) is 0 Å². The van der Waals surface area contributed by atoms with Gasteiger partial charge in [-0.25, -0.2) is 4.99 Å². The molecule has 0 atom stereocenters. The SMILES string of the molecule is CCNC(=NCc1nncn1C)NCC1(CC(C)C)CCCC1. The third-order valence-corrected chi connectivity index (χ3v) is 4.66. The van der Waals surface area contributed by atoms with Gasteiger partial charge in [-0.05, 0) is 37.5 Å². The molecular weight excluding hydrogens is 288 g/mol. The van der Waals surface area contributed by atoms with Crippen LogP contribution in [0.1, 0.15) is 58.7 Å². The van der Waals surface area contributed by atoms with Crippen molar-refractivity contribution in [1.82, 2.24) is 25.4 Å². The monoisotopic (exact) mass is 320 g/mol. The third kappa shape index (κ3) is 5.22. The second-order valence-corrected chi connectivity index (χ2v) is 7.21. The van der Waals surface area contributed by atoms with E-state index in [9.17, 15) is 0 Å². The molecule has 1 fully saturated rings. The molecule has 1 saturated carbocycles. The molecule has 130 valence electrons. The first-order valence-electron chi connectivity index (χ1n) is 8.90. The van der Waals surface area contributed by atoms with Crippen molar-refractivity contribution >= 4 is 5.96 Å². The number of aliphatic imine (C=N–C) groups is 1. The van der Waals surface area contributed by atoms with Crippen LogP contribution in [0.2, 0.25) is 0 Å². The van der Waals surface area contributed by atoms with E-state index in [1.165, 1.54) is 32.1 Å². The Kier molecular flexibility index (Phi) is 6.42. The molecule has 1 aliphatic carbocycles. The van der Waals surface area contributed by atoms with E-state index in [2.05, 4.69) is 46.6 Å². The summed E-state index contributed by atoms with van der Waals surface area (Å²) in [4.78, 5) is 4.66. The number of guanidine groups is 1. The molecule has 0 radical (unpaired) electrons. The van der Waals surface area contributed by atoms with Crippen LogP contribution in [0.4, 0.5) is 0 Å². The van der Waals surface area contributed by atoms with Gasteiger partial charge in [0.2, 0.25) is 0 Å². The quantitative estimate of drug-likeness (QED) is 0.598. The van der Waals surface area contributed by atoms with E-state index < -0.39 is 0 Å². The van der Waals surface area contributed by atoms with Crippen molar-refractivity contribution in [1.29, 1.82) is 0 Å². The maximum absolute atomic E-state index is 4.66. The number of rotatable bonds is 7. The van der Waals surface area contributed by atoms with Crippen molar-refractivity contribution in [2.75, 3.05) is 13.1 Å². The normalized spacial score (nSPS) is 17.7. The lowest BCUT2D eigenvalue weighted by molar-refractivity contribution is 0.234. The second kappa shape index (κ2) is 8.31. The summed E-state index contributed by atoms with van der Waals surface area (Å²) in [5, 5.41) is 14.9. The molecule has 0 aromatic carbocycles. The van der Waals surface area contributed by atoms with Crippen LogP contribution in [-0.2, 0) is 13.6 Å². The molecule has 0 unspecified atom stereocenters. The predicted molar refractivity (Wildman–Crippen MR) is 94.2 cm³/mol. The van der Waals surface area contributed by atoms with Crippen LogP contribution in [0.25, 0.3) is 0 Å². The Morgan fingerprint density at radius 1 is 1.35 bits per heavy atom. The summed E-state index contributed by atoms with van der Waals surface area (Å²) in [6, 6.07) is 0. The fourth-order valence-corrected chi connectivity index (χ4v) is 3.66. The van der Waals surface area contributed by atoms with E-state index in [1.807, 2.05) is 11.6 Å². The minimum Gasteiger partial charge on any atom is -0.357 e. The van der Waals surface area contributed by atoms with Gasteiger partial charge in [0.15, 0.2) is 11.8 Å². The van der Waals surface area contributed by atoms with Gasteiger partial charge in [-0.15, -0.1) is 10.2 Å². The Labute approximate surface area is 140 Å². The maximum Gasteiger partial charge on any atom is 0.191 e. The van der Waals surface area contributed by atoms with Crippen LogP contribution >= 0.6 is 0 Å². The molecule has 1 aliphatic rings. The molecule has 2 rings (SSSR count). The van der Waals surface area contributed by atoms with Gasteiger partial charge in [0.25, 0.3) is 0 Å². The van der Waals surface area contributed by atoms with Gasteiger partial charge >= 0.3 is 0 Å². The third-order valence-electron chi connectivity index (χ3n) is 4.66.